The number of methoxy groups -OCH3 is 2. The van der Waals surface area contributed by atoms with Gasteiger partial charge in [0.25, 0.3) is 0 Å². The van der Waals surface area contributed by atoms with Crippen molar-refractivity contribution >= 4 is 41.3 Å². The first-order valence-corrected chi connectivity index (χ1v) is 9.97. The molecule has 2 rings (SSSR count). The van der Waals surface area contributed by atoms with Crippen molar-refractivity contribution in [1.82, 2.24) is 10.6 Å². The number of aliphatic hydroxyl groups is 1. The van der Waals surface area contributed by atoms with Crippen LogP contribution in [0.25, 0.3) is 0 Å². The Hall–Kier alpha value is -1.52. The Labute approximate surface area is 188 Å². The monoisotopic (exact) mass is 519 g/mol. The molecule has 0 saturated heterocycles. The van der Waals surface area contributed by atoms with Crippen molar-refractivity contribution in [2.75, 3.05) is 33.9 Å². The largest absolute Gasteiger partial charge is 0.497 e. The first-order valence-electron chi connectivity index (χ1n) is 9.02. The van der Waals surface area contributed by atoms with Crippen molar-refractivity contribution in [3.8, 4) is 11.5 Å². The number of thiophene rings is 1. The van der Waals surface area contributed by atoms with E-state index in [4.69, 9.17) is 9.47 Å². The summed E-state index contributed by atoms with van der Waals surface area (Å²) < 4.78 is 10.5. The number of nitrogens with one attached hydrogen (secondary N) is 2. The molecule has 2 atom stereocenters. The summed E-state index contributed by atoms with van der Waals surface area (Å²) in [6.07, 6.45) is -0.716. The van der Waals surface area contributed by atoms with Gasteiger partial charge < -0.3 is 25.2 Å². The molecule has 0 spiro atoms. The highest BCUT2D eigenvalue weighted by Gasteiger charge is 2.12. The Balaban J connectivity index is 0.00000392. The summed E-state index contributed by atoms with van der Waals surface area (Å²) in [7, 11) is 3.18. The second kappa shape index (κ2) is 12.8. The molecule has 156 valence electrons. The van der Waals surface area contributed by atoms with Gasteiger partial charge in [0.1, 0.15) is 11.5 Å². The van der Waals surface area contributed by atoms with Gasteiger partial charge in [-0.2, -0.15) is 11.3 Å². The maximum absolute atomic E-state index is 10.6. The molecular formula is C20H30IN3O3S. The van der Waals surface area contributed by atoms with E-state index in [0.717, 1.165) is 12.1 Å². The van der Waals surface area contributed by atoms with Crippen LogP contribution in [0, 0.1) is 0 Å². The number of ether oxygens (including phenoxy) is 2. The molecule has 1 heterocycles. The van der Waals surface area contributed by atoms with E-state index in [9.17, 15) is 5.11 Å². The molecule has 1 aromatic carbocycles. The van der Waals surface area contributed by atoms with Crippen LogP contribution in [-0.2, 0) is 0 Å². The third kappa shape index (κ3) is 7.48. The Morgan fingerprint density at radius 3 is 2.36 bits per heavy atom. The summed E-state index contributed by atoms with van der Waals surface area (Å²) in [6.45, 7) is 5.93. The molecule has 0 aliphatic rings. The van der Waals surface area contributed by atoms with Crippen molar-refractivity contribution < 1.29 is 14.6 Å². The average Bonchev–Trinajstić information content (AvgIpc) is 3.24. The fourth-order valence-corrected chi connectivity index (χ4v) is 3.35. The fourth-order valence-electron chi connectivity index (χ4n) is 2.56. The third-order valence-corrected chi connectivity index (χ3v) is 4.90. The van der Waals surface area contributed by atoms with E-state index in [1.165, 1.54) is 5.56 Å². The third-order valence-electron chi connectivity index (χ3n) is 4.20. The predicted octanol–water partition coefficient (Wildman–Crippen LogP) is 3.78. The zero-order valence-corrected chi connectivity index (χ0v) is 19.9. The molecule has 6 nitrogen and oxygen atoms in total. The molecule has 0 bridgehead atoms. The van der Waals surface area contributed by atoms with Crippen molar-refractivity contribution in [3.63, 3.8) is 0 Å². The van der Waals surface area contributed by atoms with Crippen LogP contribution in [0.5, 0.6) is 11.5 Å². The zero-order chi connectivity index (χ0) is 19.6. The smallest absolute Gasteiger partial charge is 0.191 e. The molecule has 0 aliphatic carbocycles. The quantitative estimate of drug-likeness (QED) is 0.267. The van der Waals surface area contributed by atoms with Crippen LogP contribution in [0.3, 0.4) is 0 Å². The second-order valence-corrected chi connectivity index (χ2v) is 7.00. The SMILES string of the molecule is CCNC(=NCC(C)c1ccsc1)NCC(O)c1cc(OC)cc(OC)c1.I. The summed E-state index contributed by atoms with van der Waals surface area (Å²) in [6, 6.07) is 7.52. The molecule has 0 fully saturated rings. The Morgan fingerprint density at radius 2 is 1.82 bits per heavy atom. The van der Waals surface area contributed by atoms with E-state index in [2.05, 4.69) is 39.4 Å². The van der Waals surface area contributed by atoms with E-state index < -0.39 is 6.10 Å². The van der Waals surface area contributed by atoms with Crippen molar-refractivity contribution in [3.05, 3.63) is 46.2 Å². The molecule has 0 radical (unpaired) electrons. The highest BCUT2D eigenvalue weighted by atomic mass is 127. The van der Waals surface area contributed by atoms with Crippen LogP contribution < -0.4 is 20.1 Å². The lowest BCUT2D eigenvalue weighted by Gasteiger charge is -2.17. The van der Waals surface area contributed by atoms with Crippen LogP contribution in [-0.4, -0.2) is 44.9 Å². The number of hydrogen-bond acceptors (Lipinski definition) is 5. The number of rotatable bonds is 9. The van der Waals surface area contributed by atoms with E-state index >= 15 is 0 Å². The highest BCUT2D eigenvalue weighted by Crippen LogP contribution is 2.26. The zero-order valence-electron chi connectivity index (χ0n) is 16.8. The average molecular weight is 519 g/mol. The second-order valence-electron chi connectivity index (χ2n) is 6.22. The number of aliphatic imine (C=N–C) groups is 1. The maximum atomic E-state index is 10.6. The Bertz CT molecular complexity index is 703. The standard InChI is InChI=1S/C20H29N3O3S.HI/c1-5-21-20(22-11-14(2)15-6-7-27-13-15)23-12-19(24)16-8-17(25-3)10-18(9-16)26-4;/h6-10,13-14,19,24H,5,11-12H2,1-4H3,(H2,21,22,23);1H. The lowest BCUT2D eigenvalue weighted by Crippen LogP contribution is -2.39. The summed E-state index contributed by atoms with van der Waals surface area (Å²) in [5, 5.41) is 21.2. The highest BCUT2D eigenvalue weighted by molar-refractivity contribution is 14.0. The van der Waals surface area contributed by atoms with Gasteiger partial charge >= 0.3 is 0 Å². The topological polar surface area (TPSA) is 75.1 Å². The molecule has 3 N–H and O–H groups in total. The number of guanidine groups is 1. The summed E-state index contributed by atoms with van der Waals surface area (Å²) in [4.78, 5) is 4.64. The number of nitrogens with zero attached hydrogens (tertiary/aromatic N) is 1. The molecule has 0 amide bonds. The van der Waals surface area contributed by atoms with E-state index in [1.54, 1.807) is 43.8 Å². The van der Waals surface area contributed by atoms with Crippen molar-refractivity contribution in [1.29, 1.82) is 0 Å². The van der Waals surface area contributed by atoms with E-state index in [1.807, 2.05) is 6.92 Å². The lowest BCUT2D eigenvalue weighted by atomic mass is 10.1. The minimum Gasteiger partial charge on any atom is -0.497 e. The van der Waals surface area contributed by atoms with Gasteiger partial charge in [-0.15, -0.1) is 24.0 Å². The van der Waals surface area contributed by atoms with Crippen LogP contribution >= 0.6 is 35.3 Å². The molecule has 1 aromatic heterocycles. The molecular weight excluding hydrogens is 489 g/mol. The van der Waals surface area contributed by atoms with Crippen molar-refractivity contribution in [2.24, 2.45) is 4.99 Å². The minimum absolute atomic E-state index is 0. The normalized spacial score (nSPS) is 13.2. The number of aliphatic hydroxyl groups excluding tert-OH is 1. The van der Waals surface area contributed by atoms with Gasteiger partial charge in [0.2, 0.25) is 0 Å². The maximum Gasteiger partial charge on any atom is 0.191 e. The first-order chi connectivity index (χ1) is 13.1. The Kier molecular flexibility index (Phi) is 11.2. The predicted molar refractivity (Wildman–Crippen MR) is 127 cm³/mol. The summed E-state index contributed by atoms with van der Waals surface area (Å²) >= 11 is 1.70. The van der Waals surface area contributed by atoms with Gasteiger partial charge in [-0.1, -0.05) is 6.92 Å². The van der Waals surface area contributed by atoms with Crippen molar-refractivity contribution in [2.45, 2.75) is 25.9 Å². The van der Waals surface area contributed by atoms with Crippen LogP contribution in [0.15, 0.2) is 40.0 Å². The first kappa shape index (κ1) is 24.5. The number of hydrogen-bond donors (Lipinski definition) is 3. The van der Waals surface area contributed by atoms with Gasteiger partial charge in [-0.25, -0.2) is 0 Å². The van der Waals surface area contributed by atoms with Gasteiger partial charge in [0, 0.05) is 31.6 Å². The number of halogens is 1. The lowest BCUT2D eigenvalue weighted by molar-refractivity contribution is 0.180. The van der Waals surface area contributed by atoms with E-state index in [-0.39, 0.29) is 24.0 Å². The molecule has 0 saturated carbocycles. The van der Waals surface area contributed by atoms with Gasteiger partial charge in [-0.3, -0.25) is 4.99 Å². The molecule has 8 heteroatoms. The van der Waals surface area contributed by atoms with Gasteiger partial charge in [-0.05, 0) is 47.0 Å². The van der Waals surface area contributed by atoms with Gasteiger partial charge in [0.05, 0.1) is 20.3 Å². The molecule has 2 unspecified atom stereocenters. The van der Waals surface area contributed by atoms with Gasteiger partial charge in [0.15, 0.2) is 5.96 Å². The van der Waals surface area contributed by atoms with Crippen LogP contribution in [0.4, 0.5) is 0 Å². The van der Waals surface area contributed by atoms with E-state index in [0.29, 0.717) is 36.5 Å². The van der Waals surface area contributed by atoms with Crippen LogP contribution in [0.2, 0.25) is 0 Å². The van der Waals surface area contributed by atoms with Crippen LogP contribution in [0.1, 0.15) is 37.0 Å². The Morgan fingerprint density at radius 1 is 1.14 bits per heavy atom. The number of benzene rings is 1. The molecule has 0 aliphatic heterocycles. The minimum atomic E-state index is -0.716. The summed E-state index contributed by atoms with van der Waals surface area (Å²) in [5.41, 5.74) is 2.02. The molecule has 2 aromatic rings. The molecule has 28 heavy (non-hydrogen) atoms. The fraction of sp³-hybridized carbons (Fsp3) is 0.450. The summed E-state index contributed by atoms with van der Waals surface area (Å²) in [5.74, 6) is 2.33.